The van der Waals surface area contributed by atoms with Gasteiger partial charge in [-0.3, -0.25) is 4.79 Å². The third kappa shape index (κ3) is 2.03. The number of Topliss-reactive ketones (excluding diaryl/α,β-unsaturated/α-hetero) is 1. The number of ketones is 1. The van der Waals surface area contributed by atoms with Gasteiger partial charge in [-0.2, -0.15) is 0 Å². The topological polar surface area (TPSA) is 68.2 Å². The highest BCUT2D eigenvalue weighted by atomic mass is 16.5. The van der Waals surface area contributed by atoms with Gasteiger partial charge in [-0.15, -0.1) is 0 Å². The van der Waals surface area contributed by atoms with Crippen LogP contribution in [0.5, 0.6) is 5.75 Å². The van der Waals surface area contributed by atoms with Gasteiger partial charge in [-0.25, -0.2) is 15.0 Å². The molecule has 1 aromatic heterocycles. The molecule has 3 heterocycles. The number of ether oxygens (including phenoxy) is 1. The molecule has 106 valence electrons. The second-order valence-electron chi connectivity index (χ2n) is 5.49. The van der Waals surface area contributed by atoms with Crippen molar-refractivity contribution in [1.82, 2.24) is 15.0 Å². The molecule has 0 bridgehead atoms. The third-order valence-electron chi connectivity index (χ3n) is 4.08. The highest BCUT2D eigenvalue weighted by Gasteiger charge is 2.46. The Labute approximate surface area is 121 Å². The summed E-state index contributed by atoms with van der Waals surface area (Å²) in [6, 6.07) is 7.44. The van der Waals surface area contributed by atoms with Gasteiger partial charge in [-0.1, -0.05) is 12.1 Å². The van der Waals surface area contributed by atoms with Crippen molar-refractivity contribution in [2.45, 2.75) is 18.4 Å². The van der Waals surface area contributed by atoms with Crippen LogP contribution in [0.1, 0.15) is 23.2 Å². The second kappa shape index (κ2) is 4.51. The summed E-state index contributed by atoms with van der Waals surface area (Å²) in [6.45, 7) is 1.40. The van der Waals surface area contributed by atoms with Crippen molar-refractivity contribution in [3.8, 4) is 5.75 Å². The number of hydrogen-bond acceptors (Lipinski definition) is 6. The number of para-hydroxylation sites is 1. The number of carbonyl (C=O) groups is 1. The van der Waals surface area contributed by atoms with Crippen molar-refractivity contribution in [3.05, 3.63) is 42.5 Å². The molecule has 6 heteroatoms. The van der Waals surface area contributed by atoms with Crippen LogP contribution < -0.4 is 9.64 Å². The Bertz CT molecular complexity index is 691. The van der Waals surface area contributed by atoms with Crippen LogP contribution >= 0.6 is 0 Å². The summed E-state index contributed by atoms with van der Waals surface area (Å²) in [5, 5.41) is 0. The number of nitrogens with zero attached hydrogens (tertiary/aromatic N) is 4. The van der Waals surface area contributed by atoms with Crippen LogP contribution in [0.4, 0.5) is 5.95 Å². The molecule has 0 aliphatic carbocycles. The van der Waals surface area contributed by atoms with Gasteiger partial charge in [0, 0.05) is 13.0 Å². The standard InChI is InChI=1S/C15H14N4O2/c20-12-7-15(21-13-4-2-1-3-11(12)13)5-6-19(8-15)14-17-9-16-10-18-14/h1-4,9-10H,5-8H2/t15-/m1/s1. The van der Waals surface area contributed by atoms with E-state index >= 15 is 0 Å². The van der Waals surface area contributed by atoms with E-state index in [4.69, 9.17) is 4.74 Å². The van der Waals surface area contributed by atoms with Gasteiger partial charge in [0.15, 0.2) is 5.78 Å². The number of benzene rings is 1. The first-order valence-corrected chi connectivity index (χ1v) is 6.94. The van der Waals surface area contributed by atoms with E-state index < -0.39 is 5.60 Å². The van der Waals surface area contributed by atoms with Crippen molar-refractivity contribution < 1.29 is 9.53 Å². The molecule has 21 heavy (non-hydrogen) atoms. The monoisotopic (exact) mass is 282 g/mol. The maximum Gasteiger partial charge on any atom is 0.228 e. The first kappa shape index (κ1) is 12.3. The molecule has 1 spiro atoms. The van der Waals surface area contributed by atoms with E-state index in [1.165, 1.54) is 12.7 Å². The van der Waals surface area contributed by atoms with Gasteiger partial charge in [0.25, 0.3) is 0 Å². The van der Waals surface area contributed by atoms with Crippen LogP contribution in [0.2, 0.25) is 0 Å². The Hall–Kier alpha value is -2.50. The molecule has 2 aromatic rings. The third-order valence-corrected chi connectivity index (χ3v) is 4.08. The van der Waals surface area contributed by atoms with Crippen molar-refractivity contribution in [2.24, 2.45) is 0 Å². The van der Waals surface area contributed by atoms with Gasteiger partial charge in [-0.05, 0) is 12.1 Å². The predicted octanol–water partition coefficient (Wildman–Crippen LogP) is 1.49. The van der Waals surface area contributed by atoms with E-state index in [2.05, 4.69) is 15.0 Å². The number of fused-ring (bicyclic) bond motifs is 1. The molecule has 2 aliphatic heterocycles. The van der Waals surface area contributed by atoms with E-state index in [1.807, 2.05) is 29.2 Å². The minimum Gasteiger partial charge on any atom is -0.484 e. The van der Waals surface area contributed by atoms with Crippen molar-refractivity contribution in [1.29, 1.82) is 0 Å². The second-order valence-corrected chi connectivity index (χ2v) is 5.49. The summed E-state index contributed by atoms with van der Waals surface area (Å²) in [7, 11) is 0. The van der Waals surface area contributed by atoms with Crippen LogP contribution in [0.25, 0.3) is 0 Å². The van der Waals surface area contributed by atoms with Crippen molar-refractivity contribution in [3.63, 3.8) is 0 Å². The highest BCUT2D eigenvalue weighted by Crippen LogP contribution is 2.39. The minimum absolute atomic E-state index is 0.148. The fraction of sp³-hybridized carbons (Fsp3) is 0.333. The van der Waals surface area contributed by atoms with Crippen molar-refractivity contribution >= 4 is 11.7 Å². The normalized spacial score (nSPS) is 24.0. The fourth-order valence-corrected chi connectivity index (χ4v) is 3.08. The van der Waals surface area contributed by atoms with Gasteiger partial charge in [0.2, 0.25) is 5.95 Å². The summed E-state index contributed by atoms with van der Waals surface area (Å²) in [4.78, 5) is 26.6. The zero-order valence-electron chi connectivity index (χ0n) is 11.4. The van der Waals surface area contributed by atoms with Crippen LogP contribution in [0, 0.1) is 0 Å². The highest BCUT2D eigenvalue weighted by molar-refractivity contribution is 6.00. The van der Waals surface area contributed by atoms with Gasteiger partial charge >= 0.3 is 0 Å². The predicted molar refractivity (Wildman–Crippen MR) is 75.4 cm³/mol. The Morgan fingerprint density at radius 3 is 2.86 bits per heavy atom. The first-order valence-electron chi connectivity index (χ1n) is 6.94. The molecule has 2 aliphatic rings. The van der Waals surface area contributed by atoms with Crippen LogP contribution in [0.15, 0.2) is 36.9 Å². The molecule has 0 amide bonds. The number of carbonyl (C=O) groups excluding carboxylic acids is 1. The molecular weight excluding hydrogens is 268 g/mol. The van der Waals surface area contributed by atoms with E-state index in [1.54, 1.807) is 0 Å². The first-order chi connectivity index (χ1) is 10.3. The molecule has 6 nitrogen and oxygen atoms in total. The van der Waals surface area contributed by atoms with Crippen LogP contribution in [-0.4, -0.2) is 39.4 Å². The maximum absolute atomic E-state index is 12.4. The number of rotatable bonds is 1. The molecule has 1 fully saturated rings. The maximum atomic E-state index is 12.4. The van der Waals surface area contributed by atoms with E-state index in [0.29, 0.717) is 30.2 Å². The molecular formula is C15H14N4O2. The molecule has 0 N–H and O–H groups in total. The summed E-state index contributed by atoms with van der Waals surface area (Å²) in [5.41, 5.74) is 0.222. The molecule has 1 saturated heterocycles. The van der Waals surface area contributed by atoms with E-state index in [9.17, 15) is 4.79 Å². The average Bonchev–Trinajstić information content (AvgIpc) is 2.91. The number of aromatic nitrogens is 3. The quantitative estimate of drug-likeness (QED) is 0.789. The molecule has 4 rings (SSSR count). The fourth-order valence-electron chi connectivity index (χ4n) is 3.08. The van der Waals surface area contributed by atoms with Crippen molar-refractivity contribution in [2.75, 3.05) is 18.0 Å². The molecule has 1 aromatic carbocycles. The number of hydrogen-bond donors (Lipinski definition) is 0. The lowest BCUT2D eigenvalue weighted by atomic mass is 9.89. The Kier molecular flexibility index (Phi) is 2.63. The summed E-state index contributed by atoms with van der Waals surface area (Å²) in [5.74, 6) is 1.47. The smallest absolute Gasteiger partial charge is 0.228 e. The zero-order valence-corrected chi connectivity index (χ0v) is 11.4. The Morgan fingerprint density at radius 2 is 2.00 bits per heavy atom. The van der Waals surface area contributed by atoms with Gasteiger partial charge < -0.3 is 9.64 Å². The lowest BCUT2D eigenvalue weighted by molar-refractivity contribution is 0.0538. The molecule has 0 saturated carbocycles. The largest absolute Gasteiger partial charge is 0.484 e. The minimum atomic E-state index is -0.460. The average molecular weight is 282 g/mol. The lowest BCUT2D eigenvalue weighted by Crippen LogP contribution is -2.44. The van der Waals surface area contributed by atoms with Crippen LogP contribution in [0.3, 0.4) is 0 Å². The molecule has 0 unspecified atom stereocenters. The van der Waals surface area contributed by atoms with Gasteiger partial charge in [0.05, 0.1) is 18.5 Å². The Balaban J connectivity index is 1.62. The SMILES string of the molecule is O=C1C[C@@]2(CCN(c3ncncn3)C2)Oc2ccccc21. The molecule has 0 radical (unpaired) electrons. The van der Waals surface area contributed by atoms with E-state index in [-0.39, 0.29) is 5.78 Å². The summed E-state index contributed by atoms with van der Waals surface area (Å²) < 4.78 is 6.17. The summed E-state index contributed by atoms with van der Waals surface area (Å²) in [6.07, 6.45) is 4.16. The van der Waals surface area contributed by atoms with Crippen LogP contribution in [-0.2, 0) is 0 Å². The zero-order chi connectivity index (χ0) is 14.3. The summed E-state index contributed by atoms with van der Waals surface area (Å²) >= 11 is 0. The lowest BCUT2D eigenvalue weighted by Gasteiger charge is -2.34. The van der Waals surface area contributed by atoms with E-state index in [0.717, 1.165) is 13.0 Å². The Morgan fingerprint density at radius 1 is 1.19 bits per heavy atom. The number of anilines is 1. The van der Waals surface area contributed by atoms with Gasteiger partial charge in [0.1, 0.15) is 24.0 Å². The molecule has 1 atom stereocenters.